The molecule has 1 atom stereocenters. The van der Waals surface area contributed by atoms with Gasteiger partial charge in [0.15, 0.2) is 0 Å². The molecule has 2 rings (SSSR count). The largest absolute Gasteiger partial charge is 0.303 e. The smallest absolute Gasteiger partial charge is 0.252 e. The molecule has 0 aromatic rings. The summed E-state index contributed by atoms with van der Waals surface area (Å²) >= 11 is 0. The summed E-state index contributed by atoms with van der Waals surface area (Å²) in [6.07, 6.45) is 4.93. The molecule has 0 radical (unpaired) electrons. The Labute approximate surface area is 84.5 Å². The van der Waals surface area contributed by atoms with Gasteiger partial charge in [0.25, 0.3) is 5.92 Å². The van der Waals surface area contributed by atoms with Gasteiger partial charge in [0.05, 0.1) is 0 Å². The van der Waals surface area contributed by atoms with Crippen LogP contribution < -0.4 is 0 Å². The van der Waals surface area contributed by atoms with Crippen molar-refractivity contribution >= 4 is 0 Å². The topological polar surface area (TPSA) is 3.24 Å². The minimum atomic E-state index is -2.39. The van der Waals surface area contributed by atoms with Gasteiger partial charge in [-0.1, -0.05) is 6.42 Å². The van der Waals surface area contributed by atoms with E-state index in [-0.39, 0.29) is 12.3 Å². The fourth-order valence-corrected chi connectivity index (χ4v) is 2.67. The fourth-order valence-electron chi connectivity index (χ4n) is 2.67. The summed E-state index contributed by atoms with van der Waals surface area (Å²) in [7, 11) is 0. The average molecular weight is 203 g/mol. The SMILES string of the molecule is FC1(F)CCCCC1CN1CCCC1. The van der Waals surface area contributed by atoms with Gasteiger partial charge in [0.1, 0.15) is 0 Å². The van der Waals surface area contributed by atoms with Crippen molar-refractivity contribution in [1.82, 2.24) is 4.90 Å². The van der Waals surface area contributed by atoms with Crippen molar-refractivity contribution in [3.8, 4) is 0 Å². The van der Waals surface area contributed by atoms with Crippen LogP contribution in [0.3, 0.4) is 0 Å². The molecule has 1 aliphatic heterocycles. The standard InChI is InChI=1S/C11H19F2N/c12-11(13)6-2-1-5-10(11)9-14-7-3-4-8-14/h10H,1-9H2. The van der Waals surface area contributed by atoms with Crippen LogP contribution >= 0.6 is 0 Å². The molecule has 1 unspecified atom stereocenters. The van der Waals surface area contributed by atoms with E-state index in [0.29, 0.717) is 13.0 Å². The Morgan fingerprint density at radius 2 is 1.79 bits per heavy atom. The van der Waals surface area contributed by atoms with Gasteiger partial charge in [0, 0.05) is 18.9 Å². The van der Waals surface area contributed by atoms with Crippen LogP contribution in [0.5, 0.6) is 0 Å². The van der Waals surface area contributed by atoms with E-state index >= 15 is 0 Å². The summed E-state index contributed by atoms with van der Waals surface area (Å²) in [5.41, 5.74) is 0. The Morgan fingerprint density at radius 3 is 2.43 bits per heavy atom. The van der Waals surface area contributed by atoms with Gasteiger partial charge in [-0.2, -0.15) is 0 Å². The summed E-state index contributed by atoms with van der Waals surface area (Å²) in [6.45, 7) is 2.70. The Balaban J connectivity index is 1.88. The molecule has 2 aliphatic rings. The third-order valence-electron chi connectivity index (χ3n) is 3.59. The second-order valence-corrected chi connectivity index (χ2v) is 4.71. The van der Waals surface area contributed by atoms with Crippen LogP contribution in [0.4, 0.5) is 8.78 Å². The van der Waals surface area contributed by atoms with Gasteiger partial charge in [-0.25, -0.2) is 8.78 Å². The molecule has 1 saturated carbocycles. The molecular weight excluding hydrogens is 184 g/mol. The quantitative estimate of drug-likeness (QED) is 0.667. The van der Waals surface area contributed by atoms with Crippen molar-refractivity contribution < 1.29 is 8.78 Å². The molecule has 0 aromatic carbocycles. The van der Waals surface area contributed by atoms with Crippen LogP contribution in [0.1, 0.15) is 38.5 Å². The van der Waals surface area contributed by atoms with Gasteiger partial charge in [-0.3, -0.25) is 0 Å². The zero-order valence-corrected chi connectivity index (χ0v) is 8.64. The minimum absolute atomic E-state index is 0.117. The molecule has 0 bridgehead atoms. The number of alkyl halides is 2. The van der Waals surface area contributed by atoms with Crippen molar-refractivity contribution in [2.75, 3.05) is 19.6 Å². The van der Waals surface area contributed by atoms with Crippen molar-refractivity contribution in [3.63, 3.8) is 0 Å². The Hall–Kier alpha value is -0.180. The zero-order valence-electron chi connectivity index (χ0n) is 8.64. The normalized spacial score (nSPS) is 33.4. The van der Waals surface area contributed by atoms with E-state index in [1.54, 1.807) is 0 Å². The number of halogens is 2. The van der Waals surface area contributed by atoms with Crippen LogP contribution in [-0.2, 0) is 0 Å². The van der Waals surface area contributed by atoms with Crippen molar-refractivity contribution in [2.24, 2.45) is 5.92 Å². The summed E-state index contributed by atoms with van der Waals surface area (Å²) in [4.78, 5) is 2.21. The van der Waals surface area contributed by atoms with E-state index in [1.165, 1.54) is 12.8 Å². The number of nitrogens with zero attached hydrogens (tertiary/aromatic N) is 1. The Kier molecular flexibility index (Phi) is 3.05. The van der Waals surface area contributed by atoms with E-state index in [2.05, 4.69) is 4.90 Å². The molecule has 0 spiro atoms. The molecule has 0 amide bonds. The van der Waals surface area contributed by atoms with Gasteiger partial charge >= 0.3 is 0 Å². The lowest BCUT2D eigenvalue weighted by molar-refractivity contribution is -0.0931. The highest BCUT2D eigenvalue weighted by molar-refractivity contribution is 4.84. The maximum absolute atomic E-state index is 13.5. The van der Waals surface area contributed by atoms with Gasteiger partial charge in [-0.05, 0) is 38.8 Å². The molecule has 0 N–H and O–H groups in total. The molecule has 2 fully saturated rings. The predicted molar refractivity (Wildman–Crippen MR) is 52.6 cm³/mol. The van der Waals surface area contributed by atoms with E-state index in [9.17, 15) is 8.78 Å². The molecule has 1 aliphatic carbocycles. The van der Waals surface area contributed by atoms with Crippen LogP contribution in [0, 0.1) is 5.92 Å². The summed E-state index contributed by atoms with van der Waals surface area (Å²) in [5.74, 6) is -2.75. The Morgan fingerprint density at radius 1 is 1.07 bits per heavy atom. The molecule has 82 valence electrons. The highest BCUT2D eigenvalue weighted by atomic mass is 19.3. The predicted octanol–water partition coefficient (Wildman–Crippen LogP) is 2.91. The average Bonchev–Trinajstić information content (AvgIpc) is 2.61. The van der Waals surface area contributed by atoms with Gasteiger partial charge in [0.2, 0.25) is 0 Å². The highest BCUT2D eigenvalue weighted by Gasteiger charge is 2.41. The summed E-state index contributed by atoms with van der Waals surface area (Å²) in [6, 6.07) is 0. The second kappa shape index (κ2) is 4.13. The first-order valence-electron chi connectivity index (χ1n) is 5.79. The molecule has 0 aromatic heterocycles. The zero-order chi connectivity index (χ0) is 10.0. The number of likely N-dealkylation sites (tertiary alicyclic amines) is 1. The van der Waals surface area contributed by atoms with Gasteiger partial charge in [-0.15, -0.1) is 0 Å². The van der Waals surface area contributed by atoms with Crippen molar-refractivity contribution in [2.45, 2.75) is 44.4 Å². The summed E-state index contributed by atoms with van der Waals surface area (Å²) in [5, 5.41) is 0. The monoisotopic (exact) mass is 203 g/mol. The highest BCUT2D eigenvalue weighted by Crippen LogP contribution is 2.39. The maximum atomic E-state index is 13.5. The Bertz CT molecular complexity index is 188. The summed E-state index contributed by atoms with van der Waals surface area (Å²) < 4.78 is 27.0. The first kappa shape index (κ1) is 10.3. The maximum Gasteiger partial charge on any atom is 0.252 e. The van der Waals surface area contributed by atoms with E-state index in [4.69, 9.17) is 0 Å². The van der Waals surface area contributed by atoms with E-state index in [1.807, 2.05) is 0 Å². The molecule has 1 nitrogen and oxygen atoms in total. The van der Waals surface area contributed by atoms with Crippen LogP contribution in [0.2, 0.25) is 0 Å². The first-order valence-corrected chi connectivity index (χ1v) is 5.79. The van der Waals surface area contributed by atoms with E-state index in [0.717, 1.165) is 25.9 Å². The number of hydrogen-bond acceptors (Lipinski definition) is 1. The van der Waals surface area contributed by atoms with Gasteiger partial charge < -0.3 is 4.90 Å². The molecule has 14 heavy (non-hydrogen) atoms. The molecule has 3 heteroatoms. The van der Waals surface area contributed by atoms with Crippen molar-refractivity contribution in [1.29, 1.82) is 0 Å². The van der Waals surface area contributed by atoms with Crippen LogP contribution in [0.25, 0.3) is 0 Å². The van der Waals surface area contributed by atoms with Crippen LogP contribution in [-0.4, -0.2) is 30.5 Å². The third kappa shape index (κ3) is 2.25. The van der Waals surface area contributed by atoms with Crippen molar-refractivity contribution in [3.05, 3.63) is 0 Å². The minimum Gasteiger partial charge on any atom is -0.303 e. The number of rotatable bonds is 2. The molecule has 1 saturated heterocycles. The number of hydrogen-bond donors (Lipinski definition) is 0. The molecule has 1 heterocycles. The second-order valence-electron chi connectivity index (χ2n) is 4.71. The third-order valence-corrected chi connectivity index (χ3v) is 3.59. The van der Waals surface area contributed by atoms with Crippen LogP contribution in [0.15, 0.2) is 0 Å². The lowest BCUT2D eigenvalue weighted by atomic mass is 9.85. The fraction of sp³-hybridized carbons (Fsp3) is 1.00. The van der Waals surface area contributed by atoms with E-state index < -0.39 is 5.92 Å². The lowest BCUT2D eigenvalue weighted by Gasteiger charge is -2.33. The lowest BCUT2D eigenvalue weighted by Crippen LogP contribution is -2.40. The molecular formula is C11H19F2N. The first-order chi connectivity index (χ1) is 6.68.